The van der Waals surface area contributed by atoms with E-state index in [2.05, 4.69) is 32.2 Å². The molecule has 1 atom stereocenters. The fourth-order valence-electron chi connectivity index (χ4n) is 4.12. The van der Waals surface area contributed by atoms with E-state index in [1.165, 1.54) is 16.0 Å². The van der Waals surface area contributed by atoms with Gasteiger partial charge in [-0.15, -0.1) is 11.3 Å². The van der Waals surface area contributed by atoms with E-state index in [-0.39, 0.29) is 30.3 Å². The van der Waals surface area contributed by atoms with Crippen molar-refractivity contribution >= 4 is 23.2 Å². The van der Waals surface area contributed by atoms with Crippen molar-refractivity contribution < 1.29 is 14.3 Å². The lowest BCUT2D eigenvalue weighted by Gasteiger charge is -2.37. The van der Waals surface area contributed by atoms with E-state index in [0.29, 0.717) is 32.0 Å². The van der Waals surface area contributed by atoms with Crippen molar-refractivity contribution in [1.29, 1.82) is 0 Å². The third kappa shape index (κ3) is 7.07. The fourth-order valence-corrected chi connectivity index (χ4v) is 5.05. The summed E-state index contributed by atoms with van der Waals surface area (Å²) in [7, 11) is 0. The van der Waals surface area contributed by atoms with Gasteiger partial charge in [0.2, 0.25) is 11.8 Å². The molecule has 1 aliphatic rings. The first kappa shape index (κ1) is 25.3. The van der Waals surface area contributed by atoms with E-state index in [4.69, 9.17) is 4.74 Å². The van der Waals surface area contributed by atoms with Gasteiger partial charge in [0, 0.05) is 24.4 Å². The molecule has 0 aliphatic carbocycles. The number of hydrogen-bond acceptors (Lipinski definition) is 4. The zero-order valence-electron chi connectivity index (χ0n) is 20.7. The van der Waals surface area contributed by atoms with Crippen molar-refractivity contribution in [2.45, 2.75) is 59.9 Å². The molecule has 0 saturated carbocycles. The molecule has 2 amide bonds. The summed E-state index contributed by atoms with van der Waals surface area (Å²) in [5.74, 6) is 1.63. The first-order valence-corrected chi connectivity index (χ1v) is 13.0. The Morgan fingerprint density at radius 3 is 2.52 bits per heavy atom. The Hall–Kier alpha value is -2.34. The van der Waals surface area contributed by atoms with Gasteiger partial charge >= 0.3 is 0 Å². The minimum Gasteiger partial charge on any atom is -0.491 e. The lowest BCUT2D eigenvalue weighted by atomic mass is 10.00. The third-order valence-corrected chi connectivity index (χ3v) is 7.08. The Morgan fingerprint density at radius 2 is 1.85 bits per heavy atom. The zero-order chi connectivity index (χ0) is 24.0. The largest absolute Gasteiger partial charge is 0.491 e. The molecule has 3 rings (SSSR count). The average molecular weight is 471 g/mol. The second-order valence-electron chi connectivity index (χ2n) is 9.87. The van der Waals surface area contributed by atoms with Gasteiger partial charge < -0.3 is 14.5 Å². The standard InChI is InChI=1S/C27H38N2O3S/c1-19(2)10-13-28(26(30)16-20(3)4)17-27(31)29-14-11-25-23(12-15-33-25)24(29)18-32-22-8-6-21(5)7-9-22/h6-9,12,15,19-20,24H,10-11,13-14,16-18H2,1-5H3/t24-/m1/s1. The fraction of sp³-hybridized carbons (Fsp3) is 0.556. The van der Waals surface area contributed by atoms with Crippen LogP contribution in [-0.4, -0.2) is 47.9 Å². The number of aryl methyl sites for hydroxylation is 1. The van der Waals surface area contributed by atoms with Crippen molar-refractivity contribution in [3.63, 3.8) is 0 Å². The first-order valence-electron chi connectivity index (χ1n) is 12.1. The van der Waals surface area contributed by atoms with Crippen LogP contribution < -0.4 is 4.74 Å². The van der Waals surface area contributed by atoms with Crippen molar-refractivity contribution in [2.24, 2.45) is 11.8 Å². The summed E-state index contributed by atoms with van der Waals surface area (Å²) in [6.45, 7) is 12.3. The maximum absolute atomic E-state index is 13.5. The molecule has 1 aromatic heterocycles. The summed E-state index contributed by atoms with van der Waals surface area (Å²) in [5, 5.41) is 2.10. The Balaban J connectivity index is 1.74. The van der Waals surface area contributed by atoms with Crippen molar-refractivity contribution in [3.05, 3.63) is 51.7 Å². The highest BCUT2D eigenvalue weighted by Gasteiger charge is 2.33. The molecule has 0 radical (unpaired) electrons. The Morgan fingerprint density at radius 1 is 1.12 bits per heavy atom. The number of fused-ring (bicyclic) bond motifs is 1. The molecule has 0 fully saturated rings. The maximum atomic E-state index is 13.5. The zero-order valence-corrected chi connectivity index (χ0v) is 21.5. The van der Waals surface area contributed by atoms with Gasteiger partial charge in [-0.3, -0.25) is 9.59 Å². The topological polar surface area (TPSA) is 49.9 Å². The monoisotopic (exact) mass is 470 g/mol. The number of thiophene rings is 1. The predicted molar refractivity (Wildman–Crippen MR) is 135 cm³/mol. The van der Waals surface area contributed by atoms with E-state index in [1.54, 1.807) is 16.2 Å². The van der Waals surface area contributed by atoms with E-state index in [9.17, 15) is 9.59 Å². The van der Waals surface area contributed by atoms with Crippen LogP contribution in [0.2, 0.25) is 0 Å². The van der Waals surface area contributed by atoms with Gasteiger partial charge in [-0.25, -0.2) is 0 Å². The van der Waals surface area contributed by atoms with E-state index in [0.717, 1.165) is 18.6 Å². The van der Waals surface area contributed by atoms with Crippen LogP contribution in [0.3, 0.4) is 0 Å². The van der Waals surface area contributed by atoms with E-state index < -0.39 is 0 Å². The van der Waals surface area contributed by atoms with Crippen LogP contribution in [0, 0.1) is 18.8 Å². The molecular formula is C27H38N2O3S. The molecule has 0 N–H and O–H groups in total. The summed E-state index contributed by atoms with van der Waals surface area (Å²) in [4.78, 5) is 31.4. The molecule has 33 heavy (non-hydrogen) atoms. The lowest BCUT2D eigenvalue weighted by Crippen LogP contribution is -2.48. The summed E-state index contributed by atoms with van der Waals surface area (Å²) in [6, 6.07) is 9.97. The van der Waals surface area contributed by atoms with Crippen LogP contribution in [0.15, 0.2) is 35.7 Å². The van der Waals surface area contributed by atoms with Crippen LogP contribution in [0.4, 0.5) is 0 Å². The third-order valence-electron chi connectivity index (χ3n) is 6.08. The molecule has 0 saturated heterocycles. The number of nitrogens with zero attached hydrogens (tertiary/aromatic N) is 2. The van der Waals surface area contributed by atoms with Gasteiger partial charge in [-0.1, -0.05) is 45.4 Å². The van der Waals surface area contributed by atoms with Crippen LogP contribution in [0.1, 0.15) is 62.6 Å². The van der Waals surface area contributed by atoms with Gasteiger partial charge in [0.15, 0.2) is 0 Å². The first-order chi connectivity index (χ1) is 15.7. The predicted octanol–water partition coefficient (Wildman–Crippen LogP) is 5.48. The van der Waals surface area contributed by atoms with Crippen LogP contribution in [-0.2, 0) is 16.0 Å². The minimum atomic E-state index is -0.138. The number of carbonyl (C=O) groups excluding carboxylic acids is 2. The van der Waals surface area contributed by atoms with E-state index in [1.807, 2.05) is 43.0 Å². The Labute approximate surface area is 202 Å². The number of benzene rings is 1. The molecule has 0 bridgehead atoms. The molecule has 6 heteroatoms. The second kappa shape index (κ2) is 11.7. The minimum absolute atomic E-state index is 0.00483. The number of hydrogen-bond donors (Lipinski definition) is 0. The SMILES string of the molecule is Cc1ccc(OC[C@@H]2c3ccsc3CCN2C(=O)CN(CCC(C)C)C(=O)CC(C)C)cc1. The van der Waals surface area contributed by atoms with Crippen molar-refractivity contribution in [2.75, 3.05) is 26.2 Å². The Kier molecular flexibility index (Phi) is 8.95. The van der Waals surface area contributed by atoms with Gasteiger partial charge in [-0.05, 0) is 60.7 Å². The molecule has 0 unspecified atom stereocenters. The van der Waals surface area contributed by atoms with Crippen molar-refractivity contribution in [3.8, 4) is 5.75 Å². The molecule has 180 valence electrons. The molecule has 1 aromatic carbocycles. The summed E-state index contributed by atoms with van der Waals surface area (Å²) in [5.41, 5.74) is 2.36. The Bertz CT molecular complexity index is 920. The molecule has 0 spiro atoms. The average Bonchev–Trinajstić information content (AvgIpc) is 3.24. The smallest absolute Gasteiger partial charge is 0.242 e. The van der Waals surface area contributed by atoms with Gasteiger partial charge in [0.25, 0.3) is 0 Å². The van der Waals surface area contributed by atoms with Crippen LogP contribution >= 0.6 is 11.3 Å². The highest BCUT2D eigenvalue weighted by Crippen LogP contribution is 2.34. The van der Waals surface area contributed by atoms with E-state index >= 15 is 0 Å². The van der Waals surface area contributed by atoms with Gasteiger partial charge in [-0.2, -0.15) is 0 Å². The highest BCUT2D eigenvalue weighted by atomic mass is 32.1. The second-order valence-corrected chi connectivity index (χ2v) is 10.9. The van der Waals surface area contributed by atoms with Gasteiger partial charge in [0.1, 0.15) is 12.4 Å². The quantitative estimate of drug-likeness (QED) is 0.462. The van der Waals surface area contributed by atoms with Crippen molar-refractivity contribution in [1.82, 2.24) is 9.80 Å². The molecule has 2 aromatic rings. The lowest BCUT2D eigenvalue weighted by molar-refractivity contribution is -0.143. The normalized spacial score (nSPS) is 15.6. The molecular weight excluding hydrogens is 432 g/mol. The molecule has 2 heterocycles. The summed E-state index contributed by atoms with van der Waals surface area (Å²) < 4.78 is 6.12. The number of amides is 2. The number of rotatable bonds is 10. The number of ether oxygens (including phenoxy) is 1. The van der Waals surface area contributed by atoms with Gasteiger partial charge in [0.05, 0.1) is 12.6 Å². The highest BCUT2D eigenvalue weighted by molar-refractivity contribution is 7.10. The van der Waals surface area contributed by atoms with Crippen LogP contribution in [0.25, 0.3) is 0 Å². The molecule has 1 aliphatic heterocycles. The maximum Gasteiger partial charge on any atom is 0.242 e. The van der Waals surface area contributed by atoms with Crippen LogP contribution in [0.5, 0.6) is 5.75 Å². The molecule has 5 nitrogen and oxygen atoms in total. The summed E-state index contributed by atoms with van der Waals surface area (Å²) in [6.07, 6.45) is 2.22. The summed E-state index contributed by atoms with van der Waals surface area (Å²) >= 11 is 1.75. The number of carbonyl (C=O) groups is 2.